The molecule has 43 heavy (non-hydrogen) atoms. The molecule has 3 nitrogen and oxygen atoms in total. The van der Waals surface area contributed by atoms with Gasteiger partial charge in [0.15, 0.2) is 0 Å². The summed E-state index contributed by atoms with van der Waals surface area (Å²) in [4.78, 5) is 21.3. The number of aromatic amines is 1. The minimum Gasteiger partial charge on any atom is -0.354 e. The summed E-state index contributed by atoms with van der Waals surface area (Å²) >= 11 is 0. The molecule has 2 heterocycles. The Morgan fingerprint density at radius 2 is 1.14 bits per heavy atom. The van der Waals surface area contributed by atoms with Gasteiger partial charge in [-0.3, -0.25) is 4.79 Å². The summed E-state index contributed by atoms with van der Waals surface area (Å²) in [5.74, 6) is 0.0756. The maximum absolute atomic E-state index is 15.4. The molecule has 1 aliphatic heterocycles. The summed E-state index contributed by atoms with van der Waals surface area (Å²) in [5.41, 5.74) is 11.4. The van der Waals surface area contributed by atoms with Crippen molar-refractivity contribution in [1.29, 1.82) is 0 Å². The molecule has 0 fully saturated rings. The van der Waals surface area contributed by atoms with Crippen molar-refractivity contribution in [3.05, 3.63) is 178 Å². The number of amides is 1. The molecule has 0 atom stereocenters. The minimum atomic E-state index is -0.830. The highest BCUT2D eigenvalue weighted by molar-refractivity contribution is 6.19. The molecule has 1 amide bonds. The first-order valence-corrected chi connectivity index (χ1v) is 14.9. The first-order chi connectivity index (χ1) is 21.3. The average molecular weight is 553 g/mol. The lowest BCUT2D eigenvalue weighted by Crippen LogP contribution is -2.48. The topological polar surface area (TPSA) is 36.1 Å². The fourth-order valence-corrected chi connectivity index (χ4v) is 7.85. The predicted octanol–water partition coefficient (Wildman–Crippen LogP) is 8.84. The lowest BCUT2D eigenvalue weighted by Gasteiger charge is -2.43. The number of carbonyl (C=O) groups excluding carboxylic acids is 1. The van der Waals surface area contributed by atoms with Crippen LogP contribution in [0.25, 0.3) is 32.9 Å². The SMILES string of the molecule is O=C1c2c3c(c4[nH]c5ccccc5c4c2CN1C(c1ccccc1)(c1ccccc1)c1ccccc1)Cc1ccccc1-3. The van der Waals surface area contributed by atoms with Crippen molar-refractivity contribution in [2.45, 2.75) is 18.5 Å². The molecule has 2 aliphatic rings. The van der Waals surface area contributed by atoms with E-state index in [0.717, 1.165) is 50.8 Å². The van der Waals surface area contributed by atoms with Crippen molar-refractivity contribution < 1.29 is 4.79 Å². The molecule has 0 bridgehead atoms. The molecule has 6 aromatic carbocycles. The van der Waals surface area contributed by atoms with Crippen LogP contribution in [0.5, 0.6) is 0 Å². The van der Waals surface area contributed by atoms with Gasteiger partial charge in [-0.1, -0.05) is 133 Å². The van der Waals surface area contributed by atoms with E-state index in [2.05, 4.69) is 131 Å². The van der Waals surface area contributed by atoms with Crippen LogP contribution in [-0.2, 0) is 18.5 Å². The van der Waals surface area contributed by atoms with Crippen LogP contribution in [0, 0.1) is 0 Å². The number of fused-ring (bicyclic) bond motifs is 10. The van der Waals surface area contributed by atoms with Gasteiger partial charge in [-0.15, -0.1) is 0 Å². The molecule has 0 radical (unpaired) electrons. The van der Waals surface area contributed by atoms with E-state index in [-0.39, 0.29) is 5.91 Å². The van der Waals surface area contributed by atoms with Crippen molar-refractivity contribution in [2.75, 3.05) is 0 Å². The van der Waals surface area contributed by atoms with Gasteiger partial charge in [-0.2, -0.15) is 0 Å². The van der Waals surface area contributed by atoms with Crippen LogP contribution in [0.1, 0.15) is 43.7 Å². The van der Waals surface area contributed by atoms with Gasteiger partial charge in [-0.05, 0) is 45.0 Å². The molecule has 0 spiro atoms. The fraction of sp³-hybridized carbons (Fsp3) is 0.0750. The van der Waals surface area contributed by atoms with E-state index in [0.29, 0.717) is 6.54 Å². The Morgan fingerprint density at radius 1 is 0.581 bits per heavy atom. The van der Waals surface area contributed by atoms with Crippen LogP contribution < -0.4 is 0 Å². The van der Waals surface area contributed by atoms with E-state index in [1.165, 1.54) is 27.5 Å². The van der Waals surface area contributed by atoms with E-state index in [1.54, 1.807) is 0 Å². The molecule has 9 rings (SSSR count). The molecule has 7 aromatic rings. The van der Waals surface area contributed by atoms with Gasteiger partial charge in [0.05, 0.1) is 11.1 Å². The van der Waals surface area contributed by atoms with Gasteiger partial charge in [0.1, 0.15) is 5.54 Å². The number of H-pyrrole nitrogens is 1. The molecule has 0 saturated carbocycles. The Bertz CT molecular complexity index is 2100. The molecule has 0 saturated heterocycles. The van der Waals surface area contributed by atoms with Crippen molar-refractivity contribution in [3.63, 3.8) is 0 Å². The number of benzene rings is 6. The summed E-state index contributed by atoms with van der Waals surface area (Å²) in [7, 11) is 0. The summed E-state index contributed by atoms with van der Waals surface area (Å²) < 4.78 is 0. The maximum Gasteiger partial charge on any atom is 0.256 e. The quantitative estimate of drug-likeness (QED) is 0.218. The van der Waals surface area contributed by atoms with Crippen LogP contribution in [-0.4, -0.2) is 15.8 Å². The number of hydrogen-bond donors (Lipinski definition) is 1. The third-order valence-electron chi connectivity index (χ3n) is 9.57. The zero-order valence-corrected chi connectivity index (χ0v) is 23.5. The third kappa shape index (κ3) is 3.22. The first-order valence-electron chi connectivity index (χ1n) is 14.9. The summed E-state index contributed by atoms with van der Waals surface area (Å²) in [6, 6.07) is 48.7. The lowest BCUT2D eigenvalue weighted by molar-refractivity contribution is 0.0641. The summed E-state index contributed by atoms with van der Waals surface area (Å²) in [6.07, 6.45) is 0.816. The molecular formula is C40H28N2O. The van der Waals surface area contributed by atoms with Gasteiger partial charge in [0.25, 0.3) is 5.91 Å². The van der Waals surface area contributed by atoms with Crippen molar-refractivity contribution >= 4 is 27.7 Å². The lowest BCUT2D eigenvalue weighted by atomic mass is 9.75. The number of aromatic nitrogens is 1. The Morgan fingerprint density at radius 3 is 1.79 bits per heavy atom. The molecule has 1 aromatic heterocycles. The highest BCUT2D eigenvalue weighted by Crippen LogP contribution is 2.53. The first kappa shape index (κ1) is 24.2. The van der Waals surface area contributed by atoms with Crippen molar-refractivity contribution in [1.82, 2.24) is 9.88 Å². The van der Waals surface area contributed by atoms with Gasteiger partial charge in [-0.25, -0.2) is 0 Å². The predicted molar refractivity (Wildman–Crippen MR) is 173 cm³/mol. The van der Waals surface area contributed by atoms with Crippen LogP contribution in [0.3, 0.4) is 0 Å². The normalized spacial score (nSPS) is 13.9. The van der Waals surface area contributed by atoms with E-state index in [9.17, 15) is 0 Å². The van der Waals surface area contributed by atoms with Gasteiger partial charge in [0, 0.05) is 34.8 Å². The van der Waals surface area contributed by atoms with E-state index < -0.39 is 5.54 Å². The smallest absolute Gasteiger partial charge is 0.256 e. The van der Waals surface area contributed by atoms with Crippen molar-refractivity contribution in [2.24, 2.45) is 0 Å². The second-order valence-electron chi connectivity index (χ2n) is 11.7. The fourth-order valence-electron chi connectivity index (χ4n) is 7.85. The molecule has 1 N–H and O–H groups in total. The standard InChI is InChI=1S/C40H28N2O/c43-39-37-33(36-31-22-12-13-23-34(31)41-38(36)32-24-26-14-10-11-21-30(26)35(32)37)25-42(39)40(27-15-4-1-5-16-27,28-17-6-2-7-18-28)29-19-8-3-9-20-29/h1-23,41H,24-25H2. The minimum absolute atomic E-state index is 0.0756. The van der Waals surface area contributed by atoms with Crippen LogP contribution in [0.4, 0.5) is 0 Å². The number of para-hydroxylation sites is 1. The Hall–Kier alpha value is -5.41. The number of nitrogens with one attached hydrogen (secondary N) is 1. The zero-order chi connectivity index (χ0) is 28.5. The van der Waals surface area contributed by atoms with E-state index in [4.69, 9.17) is 0 Å². The Balaban J connectivity index is 1.40. The number of rotatable bonds is 4. The second-order valence-corrected chi connectivity index (χ2v) is 11.7. The van der Waals surface area contributed by atoms with Crippen LogP contribution >= 0.6 is 0 Å². The molecule has 204 valence electrons. The highest BCUT2D eigenvalue weighted by atomic mass is 16.2. The molecular weight excluding hydrogens is 524 g/mol. The van der Waals surface area contributed by atoms with Crippen LogP contribution in [0.2, 0.25) is 0 Å². The Labute approximate surface area is 250 Å². The molecule has 0 unspecified atom stereocenters. The van der Waals surface area contributed by atoms with Gasteiger partial charge < -0.3 is 9.88 Å². The molecule has 3 heteroatoms. The summed E-state index contributed by atoms with van der Waals surface area (Å²) in [5, 5.41) is 2.35. The maximum atomic E-state index is 15.4. The monoisotopic (exact) mass is 552 g/mol. The third-order valence-corrected chi connectivity index (χ3v) is 9.57. The molecule has 1 aliphatic carbocycles. The number of carbonyl (C=O) groups is 1. The highest BCUT2D eigenvalue weighted by Gasteiger charge is 2.50. The summed E-state index contributed by atoms with van der Waals surface area (Å²) in [6.45, 7) is 0.501. The zero-order valence-electron chi connectivity index (χ0n) is 23.5. The van der Waals surface area contributed by atoms with Gasteiger partial charge in [0.2, 0.25) is 0 Å². The van der Waals surface area contributed by atoms with Crippen LogP contribution in [0.15, 0.2) is 140 Å². The van der Waals surface area contributed by atoms with E-state index in [1.807, 2.05) is 18.2 Å². The van der Waals surface area contributed by atoms with Gasteiger partial charge >= 0.3 is 0 Å². The Kier molecular flexibility index (Phi) is 5.09. The average Bonchev–Trinajstić information content (AvgIpc) is 3.75. The van der Waals surface area contributed by atoms with Crippen molar-refractivity contribution in [3.8, 4) is 11.1 Å². The number of nitrogens with zero attached hydrogens (tertiary/aromatic N) is 1. The number of hydrogen-bond acceptors (Lipinski definition) is 1. The second kappa shape index (κ2) is 9.04. The van der Waals surface area contributed by atoms with E-state index >= 15 is 4.79 Å². The largest absolute Gasteiger partial charge is 0.354 e.